The van der Waals surface area contributed by atoms with E-state index in [1.807, 2.05) is 0 Å². The van der Waals surface area contributed by atoms with Gasteiger partial charge in [-0.15, -0.1) is 0 Å². The Bertz CT molecular complexity index is 556. The second-order valence-electron chi connectivity index (χ2n) is 5.69. The minimum atomic E-state index is 0.459. The zero-order chi connectivity index (χ0) is 13.8. The van der Waals surface area contributed by atoms with E-state index in [-0.39, 0.29) is 0 Å². The minimum Gasteiger partial charge on any atom is -0.378 e. The molecule has 0 radical (unpaired) electrons. The SMILES string of the molecule is CCc1ccc(NC2CCCCc3ccccc32)cc1. The largest absolute Gasteiger partial charge is 0.378 e. The van der Waals surface area contributed by atoms with Crippen molar-refractivity contribution in [1.29, 1.82) is 0 Å². The lowest BCUT2D eigenvalue weighted by Crippen LogP contribution is -2.11. The number of nitrogens with one attached hydrogen (secondary N) is 1. The van der Waals surface area contributed by atoms with Gasteiger partial charge in [0.15, 0.2) is 0 Å². The molecule has 0 heterocycles. The summed E-state index contributed by atoms with van der Waals surface area (Å²) in [7, 11) is 0. The fourth-order valence-electron chi connectivity index (χ4n) is 3.11. The van der Waals surface area contributed by atoms with Gasteiger partial charge in [-0.05, 0) is 54.5 Å². The maximum absolute atomic E-state index is 3.73. The quantitative estimate of drug-likeness (QED) is 0.759. The number of hydrogen-bond acceptors (Lipinski definition) is 1. The van der Waals surface area contributed by atoms with E-state index < -0.39 is 0 Å². The minimum absolute atomic E-state index is 0.459. The molecule has 2 aromatic rings. The lowest BCUT2D eigenvalue weighted by atomic mass is 9.99. The summed E-state index contributed by atoms with van der Waals surface area (Å²) < 4.78 is 0. The van der Waals surface area contributed by atoms with E-state index in [1.54, 1.807) is 0 Å². The molecule has 1 aliphatic carbocycles. The first-order chi connectivity index (χ1) is 9.86. The van der Waals surface area contributed by atoms with Crippen molar-refractivity contribution in [3.8, 4) is 0 Å². The summed E-state index contributed by atoms with van der Waals surface area (Å²) in [6, 6.07) is 18.3. The van der Waals surface area contributed by atoms with Gasteiger partial charge in [-0.3, -0.25) is 0 Å². The normalized spacial score (nSPS) is 18.1. The Morgan fingerprint density at radius 2 is 1.80 bits per heavy atom. The molecular weight excluding hydrogens is 242 g/mol. The Labute approximate surface area is 122 Å². The van der Waals surface area contributed by atoms with Crippen molar-refractivity contribution < 1.29 is 0 Å². The fraction of sp³-hybridized carbons (Fsp3) is 0.368. The van der Waals surface area contributed by atoms with Crippen molar-refractivity contribution in [2.45, 2.75) is 45.1 Å². The molecule has 0 spiro atoms. The first-order valence-electron chi connectivity index (χ1n) is 7.80. The first kappa shape index (κ1) is 13.2. The Kier molecular flexibility index (Phi) is 4.05. The maximum Gasteiger partial charge on any atom is 0.0516 e. The monoisotopic (exact) mass is 265 g/mol. The molecule has 20 heavy (non-hydrogen) atoms. The molecule has 104 valence electrons. The second kappa shape index (κ2) is 6.13. The Balaban J connectivity index is 1.82. The predicted octanol–water partition coefficient (Wildman–Crippen LogP) is 5.13. The molecule has 1 aliphatic rings. The Morgan fingerprint density at radius 1 is 1.00 bits per heavy atom. The van der Waals surface area contributed by atoms with E-state index >= 15 is 0 Å². The van der Waals surface area contributed by atoms with E-state index in [9.17, 15) is 0 Å². The summed E-state index contributed by atoms with van der Waals surface area (Å²) >= 11 is 0. The number of anilines is 1. The van der Waals surface area contributed by atoms with Crippen molar-refractivity contribution in [2.24, 2.45) is 0 Å². The van der Waals surface area contributed by atoms with Crippen molar-refractivity contribution in [1.82, 2.24) is 0 Å². The molecule has 1 unspecified atom stereocenters. The van der Waals surface area contributed by atoms with Crippen LogP contribution < -0.4 is 5.32 Å². The van der Waals surface area contributed by atoms with Crippen molar-refractivity contribution in [2.75, 3.05) is 5.32 Å². The summed E-state index contributed by atoms with van der Waals surface area (Å²) in [5, 5.41) is 3.73. The number of rotatable bonds is 3. The average molecular weight is 265 g/mol. The predicted molar refractivity (Wildman–Crippen MR) is 86.2 cm³/mol. The molecule has 1 N–H and O–H groups in total. The van der Waals surface area contributed by atoms with Gasteiger partial charge in [0.25, 0.3) is 0 Å². The number of benzene rings is 2. The van der Waals surface area contributed by atoms with Crippen molar-refractivity contribution >= 4 is 5.69 Å². The van der Waals surface area contributed by atoms with Crippen molar-refractivity contribution in [3.63, 3.8) is 0 Å². The Hall–Kier alpha value is -1.76. The number of fused-ring (bicyclic) bond motifs is 1. The zero-order valence-electron chi connectivity index (χ0n) is 12.2. The molecule has 1 heteroatoms. The van der Waals surface area contributed by atoms with Gasteiger partial charge in [0, 0.05) is 5.69 Å². The summed E-state index contributed by atoms with van der Waals surface area (Å²) in [5.74, 6) is 0. The first-order valence-corrected chi connectivity index (χ1v) is 7.80. The van der Waals surface area contributed by atoms with Crippen LogP contribution in [0.2, 0.25) is 0 Å². The number of aryl methyl sites for hydroxylation is 2. The molecular formula is C19H23N. The van der Waals surface area contributed by atoms with Gasteiger partial charge in [-0.2, -0.15) is 0 Å². The highest BCUT2D eigenvalue weighted by molar-refractivity contribution is 5.48. The molecule has 3 rings (SSSR count). The van der Waals surface area contributed by atoms with Gasteiger partial charge in [-0.25, -0.2) is 0 Å². The molecule has 0 saturated heterocycles. The van der Waals surface area contributed by atoms with Crippen LogP contribution in [0.4, 0.5) is 5.69 Å². The number of hydrogen-bond donors (Lipinski definition) is 1. The van der Waals surface area contributed by atoms with Gasteiger partial charge in [-0.1, -0.05) is 49.7 Å². The van der Waals surface area contributed by atoms with Crippen LogP contribution in [-0.2, 0) is 12.8 Å². The lowest BCUT2D eigenvalue weighted by molar-refractivity contribution is 0.644. The molecule has 0 saturated carbocycles. The molecule has 0 bridgehead atoms. The highest BCUT2D eigenvalue weighted by atomic mass is 14.9. The van der Waals surface area contributed by atoms with E-state index in [4.69, 9.17) is 0 Å². The Morgan fingerprint density at radius 3 is 2.60 bits per heavy atom. The average Bonchev–Trinajstić information content (AvgIpc) is 2.71. The van der Waals surface area contributed by atoms with Gasteiger partial charge >= 0.3 is 0 Å². The van der Waals surface area contributed by atoms with Gasteiger partial charge in [0.1, 0.15) is 0 Å². The van der Waals surface area contributed by atoms with Gasteiger partial charge in [0.05, 0.1) is 6.04 Å². The molecule has 1 nitrogen and oxygen atoms in total. The van der Waals surface area contributed by atoms with E-state index in [0.717, 1.165) is 6.42 Å². The molecule has 0 fully saturated rings. The van der Waals surface area contributed by atoms with Gasteiger partial charge in [0.2, 0.25) is 0 Å². The van der Waals surface area contributed by atoms with E-state index in [0.29, 0.717) is 6.04 Å². The second-order valence-corrected chi connectivity index (χ2v) is 5.69. The topological polar surface area (TPSA) is 12.0 Å². The van der Waals surface area contributed by atoms with Crippen molar-refractivity contribution in [3.05, 3.63) is 65.2 Å². The van der Waals surface area contributed by atoms with E-state index in [2.05, 4.69) is 60.8 Å². The summed E-state index contributed by atoms with van der Waals surface area (Å²) in [4.78, 5) is 0. The third-order valence-electron chi connectivity index (χ3n) is 4.32. The molecule has 0 aromatic heterocycles. The highest BCUT2D eigenvalue weighted by Gasteiger charge is 2.17. The third kappa shape index (κ3) is 2.87. The van der Waals surface area contributed by atoms with Crippen LogP contribution in [-0.4, -0.2) is 0 Å². The summed E-state index contributed by atoms with van der Waals surface area (Å²) in [6.07, 6.45) is 6.17. The van der Waals surface area contributed by atoms with Crippen LogP contribution in [0, 0.1) is 0 Å². The molecule has 2 aromatic carbocycles. The van der Waals surface area contributed by atoms with Crippen LogP contribution in [0.3, 0.4) is 0 Å². The van der Waals surface area contributed by atoms with Crippen LogP contribution in [0.15, 0.2) is 48.5 Å². The van der Waals surface area contributed by atoms with Crippen LogP contribution >= 0.6 is 0 Å². The zero-order valence-corrected chi connectivity index (χ0v) is 12.2. The van der Waals surface area contributed by atoms with E-state index in [1.165, 1.54) is 48.1 Å². The van der Waals surface area contributed by atoms with Gasteiger partial charge < -0.3 is 5.32 Å². The fourth-order valence-corrected chi connectivity index (χ4v) is 3.11. The molecule has 0 aliphatic heterocycles. The standard InChI is InChI=1S/C19H23N/c1-2-15-11-13-17(14-12-15)20-19-10-6-4-8-16-7-3-5-9-18(16)19/h3,5,7,9,11-14,19-20H,2,4,6,8,10H2,1H3. The summed E-state index contributed by atoms with van der Waals surface area (Å²) in [6.45, 7) is 2.20. The van der Waals surface area contributed by atoms with Crippen LogP contribution in [0.25, 0.3) is 0 Å². The third-order valence-corrected chi connectivity index (χ3v) is 4.32. The van der Waals surface area contributed by atoms with Crippen LogP contribution in [0.5, 0.6) is 0 Å². The summed E-state index contributed by atoms with van der Waals surface area (Å²) in [5.41, 5.74) is 5.65. The smallest absolute Gasteiger partial charge is 0.0516 e. The van der Waals surface area contributed by atoms with Crippen LogP contribution in [0.1, 0.15) is 48.9 Å². The highest BCUT2D eigenvalue weighted by Crippen LogP contribution is 2.31. The maximum atomic E-state index is 3.73. The molecule has 1 atom stereocenters. The lowest BCUT2D eigenvalue weighted by Gasteiger charge is -2.20. The molecule has 0 amide bonds.